The molecule has 1 rings (SSSR count). The lowest BCUT2D eigenvalue weighted by Gasteiger charge is -2.05. The SMILES string of the molecule is O=C(CS(=O)(=O)O)Oc1ccc(Br)cc1Br. The lowest BCUT2D eigenvalue weighted by molar-refractivity contribution is -0.131. The molecule has 16 heavy (non-hydrogen) atoms. The Bertz CT molecular complexity index is 511. The molecule has 0 unspecified atom stereocenters. The van der Waals surface area contributed by atoms with E-state index in [1.165, 1.54) is 6.07 Å². The molecule has 0 spiro atoms. The molecule has 0 radical (unpaired) electrons. The van der Waals surface area contributed by atoms with Crippen molar-refractivity contribution in [1.82, 2.24) is 0 Å². The van der Waals surface area contributed by atoms with E-state index in [-0.39, 0.29) is 5.75 Å². The third kappa shape index (κ3) is 4.60. The van der Waals surface area contributed by atoms with Crippen molar-refractivity contribution in [2.45, 2.75) is 0 Å². The van der Waals surface area contributed by atoms with Crippen molar-refractivity contribution in [3.8, 4) is 5.75 Å². The Hall–Kier alpha value is -0.440. The lowest BCUT2D eigenvalue weighted by Crippen LogP contribution is -2.20. The van der Waals surface area contributed by atoms with Gasteiger partial charge in [-0.2, -0.15) is 8.42 Å². The molecule has 0 amide bonds. The maximum Gasteiger partial charge on any atom is 0.329 e. The highest BCUT2D eigenvalue weighted by atomic mass is 79.9. The van der Waals surface area contributed by atoms with Gasteiger partial charge in [0.15, 0.2) is 5.75 Å². The van der Waals surface area contributed by atoms with Crippen LogP contribution in [0.2, 0.25) is 0 Å². The van der Waals surface area contributed by atoms with Crippen molar-refractivity contribution in [2.24, 2.45) is 0 Å². The zero-order valence-corrected chi connectivity index (χ0v) is 11.7. The van der Waals surface area contributed by atoms with Crippen molar-refractivity contribution in [1.29, 1.82) is 0 Å². The smallest absolute Gasteiger partial charge is 0.329 e. The molecule has 0 fully saturated rings. The predicted octanol–water partition coefficient (Wildman–Crippen LogP) is 2.00. The van der Waals surface area contributed by atoms with Crippen LogP contribution in [0.1, 0.15) is 0 Å². The standard InChI is InChI=1S/C8H6Br2O5S/c9-5-1-2-7(6(10)3-5)15-8(11)4-16(12,13)14/h1-3H,4H2,(H,12,13,14). The number of halogens is 2. The highest BCUT2D eigenvalue weighted by Crippen LogP contribution is 2.28. The van der Waals surface area contributed by atoms with Crippen molar-refractivity contribution in [2.75, 3.05) is 5.75 Å². The van der Waals surface area contributed by atoms with Crippen LogP contribution in [-0.2, 0) is 14.9 Å². The minimum Gasteiger partial charge on any atom is -0.425 e. The number of ether oxygens (including phenoxy) is 1. The van der Waals surface area contributed by atoms with E-state index >= 15 is 0 Å². The Morgan fingerprint density at radius 3 is 2.50 bits per heavy atom. The van der Waals surface area contributed by atoms with Gasteiger partial charge in [0.1, 0.15) is 5.75 Å². The van der Waals surface area contributed by atoms with E-state index in [1.54, 1.807) is 12.1 Å². The highest BCUT2D eigenvalue weighted by molar-refractivity contribution is 9.11. The van der Waals surface area contributed by atoms with Crippen LogP contribution in [0.4, 0.5) is 0 Å². The molecule has 88 valence electrons. The molecular formula is C8H6Br2O5S. The van der Waals surface area contributed by atoms with E-state index in [2.05, 4.69) is 31.9 Å². The fraction of sp³-hybridized carbons (Fsp3) is 0.125. The van der Waals surface area contributed by atoms with Gasteiger partial charge in [-0.3, -0.25) is 9.35 Å². The molecule has 1 aromatic rings. The minimum atomic E-state index is -4.36. The van der Waals surface area contributed by atoms with E-state index in [0.717, 1.165) is 4.47 Å². The van der Waals surface area contributed by atoms with Gasteiger partial charge in [0.05, 0.1) is 4.47 Å². The molecule has 0 aliphatic rings. The summed E-state index contributed by atoms with van der Waals surface area (Å²) in [6.45, 7) is 0. The van der Waals surface area contributed by atoms with Gasteiger partial charge in [0, 0.05) is 4.47 Å². The molecule has 0 saturated heterocycles. The highest BCUT2D eigenvalue weighted by Gasteiger charge is 2.16. The molecule has 0 bridgehead atoms. The average Bonchev–Trinajstić information content (AvgIpc) is 2.06. The van der Waals surface area contributed by atoms with E-state index < -0.39 is 21.8 Å². The number of esters is 1. The topological polar surface area (TPSA) is 80.7 Å². The van der Waals surface area contributed by atoms with Crippen LogP contribution in [0.5, 0.6) is 5.75 Å². The van der Waals surface area contributed by atoms with Crippen LogP contribution in [0.3, 0.4) is 0 Å². The molecular weight excluding hydrogens is 368 g/mol. The van der Waals surface area contributed by atoms with Crippen molar-refractivity contribution in [3.05, 3.63) is 27.1 Å². The number of rotatable bonds is 3. The normalized spacial score (nSPS) is 11.2. The predicted molar refractivity (Wildman–Crippen MR) is 63.9 cm³/mol. The van der Waals surface area contributed by atoms with Gasteiger partial charge < -0.3 is 4.74 Å². The monoisotopic (exact) mass is 372 g/mol. The average molecular weight is 374 g/mol. The number of hydrogen-bond donors (Lipinski definition) is 1. The Balaban J connectivity index is 2.78. The summed E-state index contributed by atoms with van der Waals surface area (Å²) in [7, 11) is -4.36. The van der Waals surface area contributed by atoms with Crippen LogP contribution in [0.25, 0.3) is 0 Å². The first kappa shape index (κ1) is 13.6. The Labute approximate surface area is 109 Å². The Morgan fingerprint density at radius 2 is 2.00 bits per heavy atom. The summed E-state index contributed by atoms with van der Waals surface area (Å²) >= 11 is 6.34. The summed E-state index contributed by atoms with van der Waals surface area (Å²) in [5.41, 5.74) is 0. The fourth-order valence-electron chi connectivity index (χ4n) is 0.859. The van der Waals surface area contributed by atoms with E-state index in [0.29, 0.717) is 4.47 Å². The second-order valence-corrected chi connectivity index (χ2v) is 6.00. The van der Waals surface area contributed by atoms with E-state index in [4.69, 9.17) is 9.29 Å². The van der Waals surface area contributed by atoms with Crippen LogP contribution in [0.15, 0.2) is 27.1 Å². The van der Waals surface area contributed by atoms with E-state index in [1.807, 2.05) is 0 Å². The van der Waals surface area contributed by atoms with Crippen molar-refractivity contribution < 1.29 is 22.5 Å². The van der Waals surface area contributed by atoms with Gasteiger partial charge >= 0.3 is 5.97 Å². The molecule has 5 nitrogen and oxygen atoms in total. The van der Waals surface area contributed by atoms with Gasteiger partial charge in [0.25, 0.3) is 10.1 Å². The maximum absolute atomic E-state index is 11.1. The van der Waals surface area contributed by atoms with Gasteiger partial charge in [0.2, 0.25) is 0 Å². The molecule has 0 aliphatic carbocycles. The summed E-state index contributed by atoms with van der Waals surface area (Å²) in [5.74, 6) is -1.95. The summed E-state index contributed by atoms with van der Waals surface area (Å²) < 4.78 is 35.2. The number of carbonyl (C=O) groups excluding carboxylic acids is 1. The third-order valence-corrected chi connectivity index (χ3v) is 3.13. The zero-order chi connectivity index (χ0) is 12.3. The maximum atomic E-state index is 11.1. The first-order valence-corrected chi connectivity index (χ1v) is 7.08. The molecule has 0 aromatic heterocycles. The van der Waals surface area contributed by atoms with Crippen LogP contribution in [0, 0.1) is 0 Å². The second-order valence-electron chi connectivity index (χ2n) is 2.78. The summed E-state index contributed by atoms with van der Waals surface area (Å²) in [6.07, 6.45) is 0. The first-order valence-electron chi connectivity index (χ1n) is 3.89. The third-order valence-electron chi connectivity index (χ3n) is 1.42. The fourth-order valence-corrected chi connectivity index (χ4v) is 2.34. The van der Waals surface area contributed by atoms with Crippen LogP contribution < -0.4 is 4.74 Å². The quantitative estimate of drug-likeness (QED) is 0.498. The first-order chi connectivity index (χ1) is 7.28. The molecule has 0 atom stereocenters. The van der Waals surface area contributed by atoms with E-state index in [9.17, 15) is 13.2 Å². The van der Waals surface area contributed by atoms with Crippen molar-refractivity contribution in [3.63, 3.8) is 0 Å². The van der Waals surface area contributed by atoms with Gasteiger partial charge in [-0.25, -0.2) is 0 Å². The molecule has 0 heterocycles. The largest absolute Gasteiger partial charge is 0.425 e. The minimum absolute atomic E-state index is 0.178. The molecule has 1 aromatic carbocycles. The van der Waals surface area contributed by atoms with Crippen LogP contribution >= 0.6 is 31.9 Å². The van der Waals surface area contributed by atoms with Crippen molar-refractivity contribution >= 4 is 47.9 Å². The molecule has 1 N–H and O–H groups in total. The molecule has 8 heteroatoms. The summed E-state index contributed by atoms with van der Waals surface area (Å²) in [5, 5.41) is 0. The van der Waals surface area contributed by atoms with Gasteiger partial charge in [-0.15, -0.1) is 0 Å². The number of benzene rings is 1. The number of carbonyl (C=O) groups is 1. The summed E-state index contributed by atoms with van der Waals surface area (Å²) in [4.78, 5) is 11.1. The molecule has 0 aliphatic heterocycles. The second kappa shape index (κ2) is 5.26. The Morgan fingerprint density at radius 1 is 1.38 bits per heavy atom. The lowest BCUT2D eigenvalue weighted by atomic mass is 10.3. The molecule has 0 saturated carbocycles. The van der Waals surface area contributed by atoms with Gasteiger partial charge in [-0.05, 0) is 34.1 Å². The van der Waals surface area contributed by atoms with Gasteiger partial charge in [-0.1, -0.05) is 15.9 Å². The van der Waals surface area contributed by atoms with Crippen LogP contribution in [-0.4, -0.2) is 24.7 Å². The Kier molecular flexibility index (Phi) is 4.48. The zero-order valence-electron chi connectivity index (χ0n) is 7.68. The summed E-state index contributed by atoms with van der Waals surface area (Å²) in [6, 6.07) is 4.74. The number of hydrogen-bond acceptors (Lipinski definition) is 4.